The van der Waals surface area contributed by atoms with E-state index in [-0.39, 0.29) is 0 Å². The molecule has 1 aliphatic heterocycles. The molecule has 140 valence electrons. The van der Waals surface area contributed by atoms with Gasteiger partial charge in [0.25, 0.3) is 0 Å². The molecule has 0 saturated carbocycles. The standard InChI is InChI=1S/C20H22N4OS2/c1-13-2-4-15-16(10-13)27-20-18(15)19(21-12-22-20)24-8-6-23(7-9-24)17-5-3-14(11-25)26-17/h3,5,11-13H,2,4,6-10H2,1H3/t13-/m1/s1. The van der Waals surface area contributed by atoms with E-state index in [2.05, 4.69) is 27.8 Å². The second-order valence-electron chi connectivity index (χ2n) is 7.50. The Morgan fingerprint density at radius 2 is 1.93 bits per heavy atom. The first-order valence-corrected chi connectivity index (χ1v) is 11.2. The molecule has 1 saturated heterocycles. The van der Waals surface area contributed by atoms with Crippen LogP contribution in [0.4, 0.5) is 10.8 Å². The predicted molar refractivity (Wildman–Crippen MR) is 113 cm³/mol. The summed E-state index contributed by atoms with van der Waals surface area (Å²) in [6, 6.07) is 3.97. The van der Waals surface area contributed by atoms with E-state index < -0.39 is 0 Å². The van der Waals surface area contributed by atoms with Gasteiger partial charge in [0, 0.05) is 31.1 Å². The number of aromatic nitrogens is 2. The Bertz CT molecular complexity index is 987. The van der Waals surface area contributed by atoms with Gasteiger partial charge in [-0.05, 0) is 42.9 Å². The van der Waals surface area contributed by atoms with Crippen molar-refractivity contribution in [1.82, 2.24) is 9.97 Å². The molecule has 3 aromatic rings. The van der Waals surface area contributed by atoms with Crippen LogP contribution in [-0.4, -0.2) is 42.4 Å². The van der Waals surface area contributed by atoms with Crippen LogP contribution in [-0.2, 0) is 12.8 Å². The molecule has 0 bridgehead atoms. The molecule has 7 heteroatoms. The number of hydrogen-bond donors (Lipinski definition) is 0. The molecule has 0 amide bonds. The second-order valence-corrected chi connectivity index (χ2v) is 9.67. The molecule has 5 rings (SSSR count). The van der Waals surface area contributed by atoms with Crippen molar-refractivity contribution < 1.29 is 4.79 Å². The molecule has 5 nitrogen and oxygen atoms in total. The molecule has 0 radical (unpaired) electrons. The third-order valence-corrected chi connectivity index (χ3v) is 7.93. The van der Waals surface area contributed by atoms with Crippen molar-refractivity contribution in [3.63, 3.8) is 0 Å². The molecule has 2 aliphatic rings. The van der Waals surface area contributed by atoms with Gasteiger partial charge in [-0.15, -0.1) is 22.7 Å². The minimum atomic E-state index is 0.771. The van der Waals surface area contributed by atoms with Crippen molar-refractivity contribution in [3.8, 4) is 0 Å². The molecular weight excluding hydrogens is 376 g/mol. The van der Waals surface area contributed by atoms with E-state index in [4.69, 9.17) is 4.98 Å². The van der Waals surface area contributed by atoms with Crippen molar-refractivity contribution in [1.29, 1.82) is 0 Å². The van der Waals surface area contributed by atoms with Gasteiger partial charge in [0.1, 0.15) is 17.0 Å². The van der Waals surface area contributed by atoms with Gasteiger partial charge in [-0.25, -0.2) is 9.97 Å². The topological polar surface area (TPSA) is 49.3 Å². The van der Waals surface area contributed by atoms with E-state index in [1.165, 1.54) is 33.7 Å². The van der Waals surface area contributed by atoms with Crippen molar-refractivity contribution in [2.75, 3.05) is 36.0 Å². The van der Waals surface area contributed by atoms with Gasteiger partial charge in [-0.2, -0.15) is 0 Å². The van der Waals surface area contributed by atoms with Gasteiger partial charge in [0.05, 0.1) is 15.3 Å². The zero-order chi connectivity index (χ0) is 18.4. The first-order chi connectivity index (χ1) is 13.2. The fourth-order valence-electron chi connectivity index (χ4n) is 4.21. The molecule has 3 aromatic heterocycles. The maximum Gasteiger partial charge on any atom is 0.160 e. The fraction of sp³-hybridized carbons (Fsp3) is 0.450. The summed E-state index contributed by atoms with van der Waals surface area (Å²) in [5.41, 5.74) is 1.50. The van der Waals surface area contributed by atoms with Gasteiger partial charge in [0.2, 0.25) is 0 Å². The summed E-state index contributed by atoms with van der Waals surface area (Å²) < 4.78 is 0. The smallest absolute Gasteiger partial charge is 0.160 e. The number of fused-ring (bicyclic) bond motifs is 3. The lowest BCUT2D eigenvalue weighted by Gasteiger charge is -2.36. The highest BCUT2D eigenvalue weighted by Crippen LogP contribution is 2.40. The monoisotopic (exact) mass is 398 g/mol. The van der Waals surface area contributed by atoms with E-state index in [1.54, 1.807) is 17.7 Å². The van der Waals surface area contributed by atoms with Crippen LogP contribution in [0.1, 0.15) is 33.5 Å². The summed E-state index contributed by atoms with van der Waals surface area (Å²) >= 11 is 3.44. The maximum absolute atomic E-state index is 10.9. The Labute approximate surface area is 166 Å². The molecule has 0 unspecified atom stereocenters. The van der Waals surface area contributed by atoms with Crippen LogP contribution in [0.2, 0.25) is 0 Å². The molecule has 4 heterocycles. The van der Waals surface area contributed by atoms with Crippen LogP contribution in [0.5, 0.6) is 0 Å². The Morgan fingerprint density at radius 1 is 1.11 bits per heavy atom. The van der Waals surface area contributed by atoms with Crippen molar-refractivity contribution in [2.24, 2.45) is 5.92 Å². The van der Waals surface area contributed by atoms with Gasteiger partial charge in [-0.1, -0.05) is 6.92 Å². The van der Waals surface area contributed by atoms with E-state index in [9.17, 15) is 4.79 Å². The zero-order valence-electron chi connectivity index (χ0n) is 15.4. The predicted octanol–water partition coefficient (Wildman–Crippen LogP) is 4.02. The molecule has 1 aliphatic carbocycles. The van der Waals surface area contributed by atoms with Crippen molar-refractivity contribution in [2.45, 2.75) is 26.2 Å². The number of carbonyl (C=O) groups is 1. The second kappa shape index (κ2) is 6.87. The van der Waals surface area contributed by atoms with Crippen LogP contribution < -0.4 is 9.80 Å². The van der Waals surface area contributed by atoms with Crippen molar-refractivity contribution in [3.05, 3.63) is 33.8 Å². The highest BCUT2D eigenvalue weighted by Gasteiger charge is 2.26. The number of aryl methyl sites for hydroxylation is 1. The van der Waals surface area contributed by atoms with Crippen molar-refractivity contribution >= 4 is 50.0 Å². The van der Waals surface area contributed by atoms with Crippen LogP contribution in [0.25, 0.3) is 10.2 Å². The Morgan fingerprint density at radius 3 is 2.70 bits per heavy atom. The minimum Gasteiger partial charge on any atom is -0.360 e. The first kappa shape index (κ1) is 17.1. The summed E-state index contributed by atoms with van der Waals surface area (Å²) in [4.78, 5) is 28.5. The molecule has 0 N–H and O–H groups in total. The largest absolute Gasteiger partial charge is 0.360 e. The molecule has 0 aromatic carbocycles. The van der Waals surface area contributed by atoms with Crippen LogP contribution >= 0.6 is 22.7 Å². The van der Waals surface area contributed by atoms with Crippen LogP contribution in [0.3, 0.4) is 0 Å². The number of nitrogens with zero attached hydrogens (tertiary/aromatic N) is 4. The quantitative estimate of drug-likeness (QED) is 0.624. The molecule has 0 spiro atoms. The molecule has 27 heavy (non-hydrogen) atoms. The Kier molecular flexibility index (Phi) is 4.36. The maximum atomic E-state index is 10.9. The summed E-state index contributed by atoms with van der Waals surface area (Å²) in [6.45, 7) is 6.14. The number of aldehydes is 1. The van der Waals surface area contributed by atoms with E-state index in [1.807, 2.05) is 17.4 Å². The van der Waals surface area contributed by atoms with Gasteiger partial charge >= 0.3 is 0 Å². The number of carbonyl (C=O) groups excluding carboxylic acids is 1. The average molecular weight is 399 g/mol. The van der Waals surface area contributed by atoms with Gasteiger partial charge in [0.15, 0.2) is 6.29 Å². The first-order valence-electron chi connectivity index (χ1n) is 9.53. The number of thiophene rings is 2. The zero-order valence-corrected chi connectivity index (χ0v) is 17.0. The number of rotatable bonds is 3. The lowest BCUT2D eigenvalue weighted by molar-refractivity contribution is 0.112. The number of anilines is 2. The van der Waals surface area contributed by atoms with Crippen LogP contribution in [0, 0.1) is 5.92 Å². The molecular formula is C20H22N4OS2. The van der Waals surface area contributed by atoms with Crippen LogP contribution in [0.15, 0.2) is 18.5 Å². The van der Waals surface area contributed by atoms with Gasteiger partial charge < -0.3 is 9.80 Å². The van der Waals surface area contributed by atoms with E-state index in [0.717, 1.165) is 60.3 Å². The summed E-state index contributed by atoms with van der Waals surface area (Å²) in [5.74, 6) is 1.89. The Hall–Kier alpha value is -1.99. The fourth-order valence-corrected chi connectivity index (χ4v) is 6.43. The number of hydrogen-bond acceptors (Lipinski definition) is 7. The normalized spacial score (nSPS) is 20.1. The highest BCUT2D eigenvalue weighted by molar-refractivity contribution is 7.19. The summed E-state index contributed by atoms with van der Waals surface area (Å²) in [7, 11) is 0. The summed E-state index contributed by atoms with van der Waals surface area (Å²) in [6.07, 6.45) is 6.26. The molecule has 1 atom stereocenters. The Balaban J connectivity index is 1.41. The average Bonchev–Trinajstić information content (AvgIpc) is 3.32. The van der Waals surface area contributed by atoms with Gasteiger partial charge in [-0.3, -0.25) is 4.79 Å². The third-order valence-electron chi connectivity index (χ3n) is 5.69. The lowest BCUT2D eigenvalue weighted by Crippen LogP contribution is -2.46. The number of piperazine rings is 1. The van der Waals surface area contributed by atoms with E-state index in [0.29, 0.717) is 0 Å². The van der Waals surface area contributed by atoms with E-state index >= 15 is 0 Å². The SMILES string of the molecule is C[C@@H]1CCc2c(sc3ncnc(N4CCN(c5ccc(C=O)s5)CC4)c23)C1. The minimum absolute atomic E-state index is 0.771. The lowest BCUT2D eigenvalue weighted by atomic mass is 9.89. The third kappa shape index (κ3) is 3.02. The molecule has 1 fully saturated rings. The summed E-state index contributed by atoms with van der Waals surface area (Å²) in [5, 5.41) is 2.49. The highest BCUT2D eigenvalue weighted by atomic mass is 32.1.